The minimum absolute atomic E-state index is 0.0868. The molecule has 0 unspecified atom stereocenters. The number of terminal acetylenes is 2. The van der Waals surface area contributed by atoms with Gasteiger partial charge in [-0.15, -0.1) is 12.8 Å². The molecule has 0 aromatic heterocycles. The number of aliphatic imine (C=N–C) groups is 1. The quantitative estimate of drug-likeness (QED) is 0.289. The highest BCUT2D eigenvalue weighted by Crippen LogP contribution is 2.36. The summed E-state index contributed by atoms with van der Waals surface area (Å²) in [6.07, 6.45) is 11.4. The molecule has 0 atom stereocenters. The van der Waals surface area contributed by atoms with Crippen LogP contribution in [0, 0.1) is 24.7 Å². The lowest BCUT2D eigenvalue weighted by molar-refractivity contribution is 0.119. The molecule has 4 nitrogen and oxygen atoms in total. The Kier molecular flexibility index (Phi) is 6.63. The molecule has 0 spiro atoms. The topological polar surface area (TPSA) is 42.8 Å². The number of ether oxygens (including phenoxy) is 1. The SMILES string of the molecule is C#CCONC=Nc1cc(Cl)c(OCC#C)c(Cl)c1. The summed E-state index contributed by atoms with van der Waals surface area (Å²) in [7, 11) is 0. The van der Waals surface area contributed by atoms with Crippen molar-refractivity contribution in [1.29, 1.82) is 0 Å². The van der Waals surface area contributed by atoms with E-state index < -0.39 is 0 Å². The average molecular weight is 297 g/mol. The molecular weight excluding hydrogens is 287 g/mol. The summed E-state index contributed by atoms with van der Waals surface area (Å²) in [6.45, 7) is 0.218. The molecule has 0 aliphatic carbocycles. The maximum atomic E-state index is 6.00. The lowest BCUT2D eigenvalue weighted by atomic mass is 10.3. The molecule has 0 aliphatic rings. The molecule has 6 heteroatoms. The van der Waals surface area contributed by atoms with E-state index in [1.54, 1.807) is 12.1 Å². The maximum absolute atomic E-state index is 6.00. The van der Waals surface area contributed by atoms with Crippen LogP contribution in [0.1, 0.15) is 0 Å². The van der Waals surface area contributed by atoms with Gasteiger partial charge in [0.1, 0.15) is 19.6 Å². The molecule has 0 saturated heterocycles. The van der Waals surface area contributed by atoms with Gasteiger partial charge in [-0.2, -0.15) is 0 Å². The molecule has 19 heavy (non-hydrogen) atoms. The van der Waals surface area contributed by atoms with Crippen LogP contribution >= 0.6 is 23.2 Å². The van der Waals surface area contributed by atoms with Gasteiger partial charge in [0.2, 0.25) is 0 Å². The molecule has 1 N–H and O–H groups in total. The molecule has 0 radical (unpaired) electrons. The Morgan fingerprint density at radius 2 is 1.84 bits per heavy atom. The van der Waals surface area contributed by atoms with Crippen LogP contribution in [0.5, 0.6) is 5.75 Å². The summed E-state index contributed by atoms with van der Waals surface area (Å²) in [5.74, 6) is 4.95. The molecular formula is C13H10Cl2N2O2. The van der Waals surface area contributed by atoms with Gasteiger partial charge < -0.3 is 4.74 Å². The van der Waals surface area contributed by atoms with Crippen LogP contribution in [-0.2, 0) is 4.84 Å². The fraction of sp³-hybridized carbons (Fsp3) is 0.154. The molecule has 1 aromatic carbocycles. The molecule has 0 bridgehead atoms. The van der Waals surface area contributed by atoms with Crippen molar-refractivity contribution < 1.29 is 9.57 Å². The van der Waals surface area contributed by atoms with E-state index in [1.807, 2.05) is 0 Å². The first-order valence-electron chi connectivity index (χ1n) is 5.07. The van der Waals surface area contributed by atoms with Gasteiger partial charge in [0.25, 0.3) is 0 Å². The number of benzene rings is 1. The first kappa shape index (κ1) is 15.2. The van der Waals surface area contributed by atoms with Crippen LogP contribution in [0.2, 0.25) is 10.0 Å². The first-order chi connectivity index (χ1) is 9.19. The summed E-state index contributed by atoms with van der Waals surface area (Å²) in [5, 5.41) is 0.638. The number of hydrogen-bond acceptors (Lipinski definition) is 3. The van der Waals surface area contributed by atoms with Crippen LogP contribution < -0.4 is 10.2 Å². The molecule has 0 aliphatic heterocycles. The average Bonchev–Trinajstić information content (AvgIpc) is 2.38. The van der Waals surface area contributed by atoms with Crippen molar-refractivity contribution in [2.75, 3.05) is 13.2 Å². The second kappa shape index (κ2) is 8.29. The largest absolute Gasteiger partial charge is 0.478 e. The summed E-state index contributed by atoms with van der Waals surface area (Å²) in [5.41, 5.74) is 2.97. The van der Waals surface area contributed by atoms with Crippen molar-refractivity contribution in [3.63, 3.8) is 0 Å². The number of hydrogen-bond donors (Lipinski definition) is 1. The van der Waals surface area contributed by atoms with Gasteiger partial charge in [0.15, 0.2) is 5.75 Å². The van der Waals surface area contributed by atoms with Gasteiger partial charge in [-0.3, -0.25) is 10.3 Å². The molecule has 98 valence electrons. The van der Waals surface area contributed by atoms with Crippen molar-refractivity contribution in [2.24, 2.45) is 4.99 Å². The summed E-state index contributed by atoms with van der Waals surface area (Å²) in [4.78, 5) is 8.82. The van der Waals surface area contributed by atoms with Crippen LogP contribution in [0.25, 0.3) is 0 Å². The van der Waals surface area contributed by atoms with Gasteiger partial charge in [-0.05, 0) is 12.1 Å². The minimum Gasteiger partial charge on any atom is -0.478 e. The smallest absolute Gasteiger partial charge is 0.158 e. The van der Waals surface area contributed by atoms with Crippen LogP contribution in [0.4, 0.5) is 5.69 Å². The maximum Gasteiger partial charge on any atom is 0.158 e. The summed E-state index contributed by atoms with van der Waals surface area (Å²) < 4.78 is 5.21. The first-order valence-corrected chi connectivity index (χ1v) is 5.83. The van der Waals surface area contributed by atoms with E-state index in [9.17, 15) is 0 Å². The van der Waals surface area contributed by atoms with Crippen molar-refractivity contribution in [3.8, 4) is 30.4 Å². The van der Waals surface area contributed by atoms with Crippen LogP contribution in [-0.4, -0.2) is 19.6 Å². The zero-order valence-corrected chi connectivity index (χ0v) is 11.3. The van der Waals surface area contributed by atoms with Crippen molar-refractivity contribution >= 4 is 35.2 Å². The Hall–Kier alpha value is -1.85. The highest BCUT2D eigenvalue weighted by molar-refractivity contribution is 6.37. The zero-order valence-electron chi connectivity index (χ0n) is 9.82. The van der Waals surface area contributed by atoms with Crippen molar-refractivity contribution in [2.45, 2.75) is 0 Å². The van der Waals surface area contributed by atoms with Crippen LogP contribution in [0.15, 0.2) is 17.1 Å². The van der Waals surface area contributed by atoms with Gasteiger partial charge >= 0.3 is 0 Å². The highest BCUT2D eigenvalue weighted by atomic mass is 35.5. The normalized spacial score (nSPS) is 9.89. The molecule has 0 heterocycles. The third-order valence-corrected chi connectivity index (χ3v) is 2.35. The van der Waals surface area contributed by atoms with Gasteiger partial charge in [-0.1, -0.05) is 35.0 Å². The fourth-order valence-corrected chi connectivity index (χ4v) is 1.68. The lowest BCUT2D eigenvalue weighted by Crippen LogP contribution is -2.11. The van der Waals surface area contributed by atoms with Gasteiger partial charge in [0, 0.05) is 0 Å². The Labute approximate surface area is 121 Å². The summed E-state index contributed by atoms with van der Waals surface area (Å²) in [6, 6.07) is 3.16. The van der Waals surface area contributed by atoms with E-state index in [-0.39, 0.29) is 13.2 Å². The van der Waals surface area contributed by atoms with E-state index in [0.29, 0.717) is 21.5 Å². The Morgan fingerprint density at radius 3 is 2.42 bits per heavy atom. The second-order valence-corrected chi connectivity index (χ2v) is 3.91. The number of nitrogens with one attached hydrogen (secondary N) is 1. The molecule has 0 fully saturated rings. The van der Waals surface area contributed by atoms with E-state index in [2.05, 4.69) is 22.3 Å². The Balaban J connectivity index is 2.72. The van der Waals surface area contributed by atoms with Gasteiger partial charge in [-0.25, -0.2) is 4.99 Å². The van der Waals surface area contributed by atoms with E-state index in [0.717, 1.165) is 0 Å². The Morgan fingerprint density at radius 1 is 1.21 bits per heavy atom. The van der Waals surface area contributed by atoms with Crippen LogP contribution in [0.3, 0.4) is 0 Å². The third-order valence-electron chi connectivity index (χ3n) is 1.79. The minimum atomic E-state index is 0.0868. The Bertz CT molecular complexity index is 522. The monoisotopic (exact) mass is 296 g/mol. The summed E-state index contributed by atoms with van der Waals surface area (Å²) >= 11 is 12.0. The number of rotatable bonds is 6. The fourth-order valence-electron chi connectivity index (χ4n) is 1.09. The third kappa shape index (κ3) is 5.11. The van der Waals surface area contributed by atoms with Gasteiger partial charge in [0.05, 0.1) is 15.7 Å². The number of hydroxylamine groups is 1. The zero-order chi connectivity index (χ0) is 14.1. The number of nitrogens with zero attached hydrogens (tertiary/aromatic N) is 1. The molecule has 1 aromatic rings. The second-order valence-electron chi connectivity index (χ2n) is 3.10. The lowest BCUT2D eigenvalue weighted by Gasteiger charge is -2.08. The van der Waals surface area contributed by atoms with Crippen molar-refractivity contribution in [1.82, 2.24) is 5.48 Å². The molecule has 0 saturated carbocycles. The highest BCUT2D eigenvalue weighted by Gasteiger charge is 2.08. The number of halogens is 2. The van der Waals surface area contributed by atoms with E-state index in [1.165, 1.54) is 6.34 Å². The van der Waals surface area contributed by atoms with Crippen molar-refractivity contribution in [3.05, 3.63) is 22.2 Å². The predicted octanol–water partition coefficient (Wildman–Crippen LogP) is 2.82. The molecule has 1 rings (SSSR count). The predicted molar refractivity (Wildman–Crippen MR) is 76.9 cm³/mol. The van der Waals surface area contributed by atoms with E-state index in [4.69, 9.17) is 45.6 Å². The van der Waals surface area contributed by atoms with E-state index >= 15 is 0 Å². The standard InChI is InChI=1S/C13H10Cl2N2O2/c1-3-5-18-13-11(14)7-10(8-12(13)15)16-9-17-19-6-4-2/h1-2,7-9H,5-6H2,(H,16,17). The molecule has 0 amide bonds.